The highest BCUT2D eigenvalue weighted by Crippen LogP contribution is 2.37. The van der Waals surface area contributed by atoms with Crippen LogP contribution in [0.25, 0.3) is 0 Å². The molecule has 152 valence electrons. The molecule has 7 nitrogen and oxygen atoms in total. The first-order valence-electron chi connectivity index (χ1n) is 8.85. The number of carbonyl (C=O) groups is 1. The molecule has 0 aliphatic heterocycles. The van der Waals surface area contributed by atoms with Gasteiger partial charge in [0.25, 0.3) is 5.91 Å². The van der Waals surface area contributed by atoms with Gasteiger partial charge in [-0.15, -0.1) is 0 Å². The molecule has 1 fully saturated rings. The monoisotopic (exact) mass is 390 g/mol. The second-order valence-corrected chi connectivity index (χ2v) is 6.52. The molecule has 0 aromatic carbocycles. The van der Waals surface area contributed by atoms with Crippen molar-refractivity contribution >= 4 is 17.4 Å². The number of amides is 1. The fourth-order valence-electron chi connectivity index (χ4n) is 3.05. The number of nitrogens with one attached hydrogen (secondary N) is 2. The predicted octanol–water partition coefficient (Wildman–Crippen LogP) is 2.32. The predicted molar refractivity (Wildman–Crippen MR) is 94.7 cm³/mol. The molecule has 1 heterocycles. The summed E-state index contributed by atoms with van der Waals surface area (Å²) >= 11 is 0. The van der Waals surface area contributed by atoms with Gasteiger partial charge in [-0.25, -0.2) is 0 Å². The van der Waals surface area contributed by atoms with Gasteiger partial charge >= 0.3 is 6.18 Å². The van der Waals surface area contributed by atoms with Gasteiger partial charge < -0.3 is 26.2 Å². The SMILES string of the molecule is CNc1nc(OCCCO)c(C(=O)NC2CCC(C(F)(F)F)CC2)cc1N. The van der Waals surface area contributed by atoms with Crippen LogP contribution in [0.2, 0.25) is 0 Å². The molecule has 0 saturated heterocycles. The summed E-state index contributed by atoms with van der Waals surface area (Å²) in [6.07, 6.45) is -3.32. The van der Waals surface area contributed by atoms with Crippen LogP contribution in [0.15, 0.2) is 6.07 Å². The molecule has 1 aromatic rings. The maximum atomic E-state index is 12.8. The lowest BCUT2D eigenvalue weighted by molar-refractivity contribution is -0.182. The number of anilines is 2. The van der Waals surface area contributed by atoms with Crippen molar-refractivity contribution in [2.75, 3.05) is 31.3 Å². The zero-order chi connectivity index (χ0) is 20.0. The summed E-state index contributed by atoms with van der Waals surface area (Å²) in [6.45, 7) is 0.0887. The van der Waals surface area contributed by atoms with E-state index in [0.29, 0.717) is 12.2 Å². The third kappa shape index (κ3) is 5.62. The molecule has 0 radical (unpaired) electrons. The number of alkyl halides is 3. The van der Waals surface area contributed by atoms with Crippen LogP contribution in [0.5, 0.6) is 5.88 Å². The minimum absolute atomic E-state index is 0.00656. The van der Waals surface area contributed by atoms with E-state index >= 15 is 0 Å². The number of nitrogen functional groups attached to an aromatic ring is 1. The average Bonchev–Trinajstić information content (AvgIpc) is 2.62. The van der Waals surface area contributed by atoms with E-state index in [9.17, 15) is 18.0 Å². The van der Waals surface area contributed by atoms with Gasteiger partial charge in [-0.1, -0.05) is 0 Å². The van der Waals surface area contributed by atoms with Crippen molar-refractivity contribution in [2.24, 2.45) is 5.92 Å². The van der Waals surface area contributed by atoms with Crippen LogP contribution in [0.4, 0.5) is 24.7 Å². The number of rotatable bonds is 7. The van der Waals surface area contributed by atoms with Gasteiger partial charge in [-0.3, -0.25) is 4.79 Å². The third-order valence-corrected chi connectivity index (χ3v) is 4.57. The number of hydrogen-bond donors (Lipinski definition) is 4. The Hall–Kier alpha value is -2.23. The Morgan fingerprint density at radius 3 is 2.59 bits per heavy atom. The van der Waals surface area contributed by atoms with E-state index < -0.39 is 18.0 Å². The minimum atomic E-state index is -4.19. The number of ether oxygens (including phenoxy) is 1. The van der Waals surface area contributed by atoms with E-state index in [1.165, 1.54) is 6.07 Å². The van der Waals surface area contributed by atoms with Crippen molar-refractivity contribution < 1.29 is 27.8 Å². The molecule has 0 spiro atoms. The Labute approximate surface area is 155 Å². The molecule has 0 bridgehead atoms. The number of pyridine rings is 1. The van der Waals surface area contributed by atoms with E-state index in [0.717, 1.165) is 0 Å². The molecule has 2 rings (SSSR count). The van der Waals surface area contributed by atoms with E-state index in [4.69, 9.17) is 15.6 Å². The number of hydrogen-bond acceptors (Lipinski definition) is 6. The van der Waals surface area contributed by atoms with Crippen molar-refractivity contribution in [3.63, 3.8) is 0 Å². The molecule has 27 heavy (non-hydrogen) atoms. The van der Waals surface area contributed by atoms with Crippen molar-refractivity contribution in [3.05, 3.63) is 11.6 Å². The number of nitrogens with zero attached hydrogens (tertiary/aromatic N) is 1. The molecule has 1 aliphatic carbocycles. The Kier molecular flexibility index (Phi) is 7.11. The van der Waals surface area contributed by atoms with Crippen molar-refractivity contribution in [3.8, 4) is 5.88 Å². The topological polar surface area (TPSA) is 110 Å². The summed E-state index contributed by atoms with van der Waals surface area (Å²) < 4.78 is 43.8. The lowest BCUT2D eigenvalue weighted by Gasteiger charge is -2.30. The van der Waals surface area contributed by atoms with Crippen molar-refractivity contribution in [1.82, 2.24) is 10.3 Å². The Morgan fingerprint density at radius 2 is 2.04 bits per heavy atom. The van der Waals surface area contributed by atoms with Crippen LogP contribution in [-0.4, -0.2) is 48.5 Å². The first-order valence-corrected chi connectivity index (χ1v) is 8.85. The summed E-state index contributed by atoms with van der Waals surface area (Å²) in [5.41, 5.74) is 6.23. The molecule has 0 atom stereocenters. The number of aliphatic hydroxyl groups excluding tert-OH is 1. The number of nitrogens with two attached hydrogens (primary N) is 1. The van der Waals surface area contributed by atoms with Crippen LogP contribution in [-0.2, 0) is 0 Å². The fraction of sp³-hybridized carbons (Fsp3) is 0.647. The summed E-state index contributed by atoms with van der Waals surface area (Å²) in [4.78, 5) is 16.8. The van der Waals surface area contributed by atoms with Crippen LogP contribution >= 0.6 is 0 Å². The summed E-state index contributed by atoms with van der Waals surface area (Å²) in [7, 11) is 1.62. The van der Waals surface area contributed by atoms with Gasteiger partial charge in [0.15, 0.2) is 5.82 Å². The lowest BCUT2D eigenvalue weighted by Crippen LogP contribution is -2.40. The maximum Gasteiger partial charge on any atom is 0.391 e. The zero-order valence-corrected chi connectivity index (χ0v) is 15.1. The average molecular weight is 390 g/mol. The summed E-state index contributed by atoms with van der Waals surface area (Å²) in [6, 6.07) is 1.08. The Bertz CT molecular complexity index is 647. The first kappa shape index (κ1) is 21.1. The maximum absolute atomic E-state index is 12.8. The highest BCUT2D eigenvalue weighted by atomic mass is 19.4. The Morgan fingerprint density at radius 1 is 1.37 bits per heavy atom. The largest absolute Gasteiger partial charge is 0.477 e. The van der Waals surface area contributed by atoms with Gasteiger partial charge in [-0.2, -0.15) is 18.2 Å². The van der Waals surface area contributed by atoms with Crippen LogP contribution in [0, 0.1) is 5.92 Å². The molecule has 1 saturated carbocycles. The number of carbonyl (C=O) groups excluding carboxylic acids is 1. The second-order valence-electron chi connectivity index (χ2n) is 6.52. The minimum Gasteiger partial charge on any atom is -0.477 e. The highest BCUT2D eigenvalue weighted by Gasteiger charge is 2.41. The van der Waals surface area contributed by atoms with Gasteiger partial charge in [0.1, 0.15) is 5.56 Å². The number of aliphatic hydroxyl groups is 1. The molecule has 1 amide bonds. The van der Waals surface area contributed by atoms with Crippen LogP contribution in [0.3, 0.4) is 0 Å². The van der Waals surface area contributed by atoms with Crippen LogP contribution < -0.4 is 21.1 Å². The van der Waals surface area contributed by atoms with Crippen molar-refractivity contribution in [2.45, 2.75) is 44.3 Å². The molecule has 10 heteroatoms. The molecule has 1 aliphatic rings. The smallest absolute Gasteiger partial charge is 0.391 e. The number of halogens is 3. The standard InChI is InChI=1S/C17H25F3N4O3/c1-22-14-13(21)9-12(16(24-14)27-8-2-7-25)15(26)23-11-5-3-10(4-6-11)17(18,19)20/h9-11,25H,2-8,21H2,1H3,(H,22,24)(H,23,26). The molecular formula is C17H25F3N4O3. The Balaban J connectivity index is 2.07. The van der Waals surface area contributed by atoms with E-state index in [-0.39, 0.29) is 62.1 Å². The van der Waals surface area contributed by atoms with Gasteiger partial charge in [0, 0.05) is 26.1 Å². The van der Waals surface area contributed by atoms with E-state index in [1.807, 2.05) is 0 Å². The molecule has 1 aromatic heterocycles. The molecule has 0 unspecified atom stereocenters. The normalized spacial score (nSPS) is 20.2. The molecular weight excluding hydrogens is 365 g/mol. The summed E-state index contributed by atoms with van der Waals surface area (Å²) in [5, 5.41) is 14.4. The quantitative estimate of drug-likeness (QED) is 0.532. The van der Waals surface area contributed by atoms with Gasteiger partial charge in [0.05, 0.1) is 18.2 Å². The lowest BCUT2D eigenvalue weighted by atomic mass is 9.85. The van der Waals surface area contributed by atoms with E-state index in [1.54, 1.807) is 7.05 Å². The summed E-state index contributed by atoms with van der Waals surface area (Å²) in [5.74, 6) is -1.40. The van der Waals surface area contributed by atoms with Gasteiger partial charge in [0.2, 0.25) is 5.88 Å². The van der Waals surface area contributed by atoms with Crippen LogP contribution in [0.1, 0.15) is 42.5 Å². The second kappa shape index (κ2) is 9.12. The molecule has 5 N–H and O–H groups in total. The zero-order valence-electron chi connectivity index (χ0n) is 15.1. The first-order chi connectivity index (χ1) is 12.8. The highest BCUT2D eigenvalue weighted by molar-refractivity contribution is 5.98. The van der Waals surface area contributed by atoms with E-state index in [2.05, 4.69) is 15.6 Å². The number of aromatic nitrogens is 1. The fourth-order valence-corrected chi connectivity index (χ4v) is 3.05. The van der Waals surface area contributed by atoms with Gasteiger partial charge in [-0.05, 0) is 31.7 Å². The van der Waals surface area contributed by atoms with Crippen molar-refractivity contribution in [1.29, 1.82) is 0 Å². The third-order valence-electron chi connectivity index (χ3n) is 4.57.